The molecule has 1 amide bonds. The fourth-order valence-electron chi connectivity index (χ4n) is 7.21. The van der Waals surface area contributed by atoms with Gasteiger partial charge in [-0.25, -0.2) is 0 Å². The van der Waals surface area contributed by atoms with E-state index < -0.39 is 0 Å². The van der Waals surface area contributed by atoms with Crippen molar-refractivity contribution in [3.63, 3.8) is 0 Å². The van der Waals surface area contributed by atoms with Crippen molar-refractivity contribution in [1.29, 1.82) is 0 Å². The van der Waals surface area contributed by atoms with Gasteiger partial charge < -0.3 is 14.5 Å². The number of rotatable bonds is 8. The molecule has 3 aliphatic rings. The molecule has 6 nitrogen and oxygen atoms in total. The SMILES string of the molecule is COc1ccccc1N1CCN([C@@H]2CCN(Cc3ccccc3)C[C@@H]2CCC(=O)N2CCc3ccccc3C2)CC1. The summed E-state index contributed by atoms with van der Waals surface area (Å²) in [4.78, 5) is 23.3. The highest BCUT2D eigenvalue weighted by atomic mass is 16.5. The number of carbonyl (C=O) groups is 1. The number of nitrogens with zero attached hydrogens (tertiary/aromatic N) is 4. The van der Waals surface area contributed by atoms with E-state index >= 15 is 0 Å². The van der Waals surface area contributed by atoms with Crippen molar-refractivity contribution in [3.05, 3.63) is 95.6 Å². The van der Waals surface area contributed by atoms with Gasteiger partial charge in [0.05, 0.1) is 12.8 Å². The van der Waals surface area contributed by atoms with Gasteiger partial charge in [-0.05, 0) is 60.5 Å². The van der Waals surface area contributed by atoms with Gasteiger partial charge in [0, 0.05) is 64.8 Å². The van der Waals surface area contributed by atoms with E-state index in [2.05, 4.69) is 92.4 Å². The quantitative estimate of drug-likeness (QED) is 0.390. The molecule has 0 unspecified atom stereocenters. The van der Waals surface area contributed by atoms with Crippen LogP contribution in [0.5, 0.6) is 5.75 Å². The molecule has 41 heavy (non-hydrogen) atoms. The molecule has 2 fully saturated rings. The largest absolute Gasteiger partial charge is 0.495 e. The molecule has 3 aliphatic heterocycles. The number of carbonyl (C=O) groups excluding carboxylic acids is 1. The number of amides is 1. The average molecular weight is 553 g/mol. The Morgan fingerprint density at radius 3 is 2.37 bits per heavy atom. The van der Waals surface area contributed by atoms with Gasteiger partial charge in [0.15, 0.2) is 0 Å². The zero-order chi connectivity index (χ0) is 28.0. The van der Waals surface area contributed by atoms with Gasteiger partial charge in [-0.3, -0.25) is 14.6 Å². The Balaban J connectivity index is 1.10. The number of hydrogen-bond acceptors (Lipinski definition) is 5. The van der Waals surface area contributed by atoms with E-state index in [4.69, 9.17) is 4.74 Å². The zero-order valence-corrected chi connectivity index (χ0v) is 24.5. The predicted molar refractivity (Wildman–Crippen MR) is 165 cm³/mol. The standard InChI is InChI=1S/C35H44N4O2/c1-41-34-14-8-7-13-33(34)38-23-21-37(22-24-38)32-18-19-36(25-28-9-3-2-4-10-28)26-31(32)15-16-35(40)39-20-17-29-11-5-6-12-30(29)27-39/h2-14,31-32H,15-27H2,1H3/t31-,32+/m0/s1. The van der Waals surface area contributed by atoms with Gasteiger partial charge in [0.25, 0.3) is 0 Å². The van der Waals surface area contributed by atoms with Gasteiger partial charge >= 0.3 is 0 Å². The van der Waals surface area contributed by atoms with E-state index in [0.717, 1.165) is 83.9 Å². The number of benzene rings is 3. The molecule has 6 heteroatoms. The van der Waals surface area contributed by atoms with Crippen molar-refractivity contribution >= 4 is 11.6 Å². The monoisotopic (exact) mass is 552 g/mol. The van der Waals surface area contributed by atoms with Crippen LogP contribution in [0.15, 0.2) is 78.9 Å². The fraction of sp³-hybridized carbons (Fsp3) is 0.457. The minimum Gasteiger partial charge on any atom is -0.495 e. The molecule has 216 valence electrons. The molecular formula is C35H44N4O2. The van der Waals surface area contributed by atoms with Crippen LogP contribution in [0, 0.1) is 5.92 Å². The first-order valence-corrected chi connectivity index (χ1v) is 15.4. The molecule has 3 aromatic carbocycles. The Morgan fingerprint density at radius 1 is 0.829 bits per heavy atom. The molecule has 0 bridgehead atoms. The van der Waals surface area contributed by atoms with E-state index in [1.165, 1.54) is 22.4 Å². The number of likely N-dealkylation sites (tertiary alicyclic amines) is 1. The number of para-hydroxylation sites is 2. The molecule has 3 heterocycles. The van der Waals surface area contributed by atoms with E-state index in [9.17, 15) is 4.79 Å². The normalized spacial score (nSPS) is 21.9. The van der Waals surface area contributed by atoms with Crippen LogP contribution < -0.4 is 9.64 Å². The summed E-state index contributed by atoms with van der Waals surface area (Å²) < 4.78 is 5.65. The second kappa shape index (κ2) is 13.1. The van der Waals surface area contributed by atoms with Crippen molar-refractivity contribution in [2.45, 2.75) is 44.8 Å². The lowest BCUT2D eigenvalue weighted by Crippen LogP contribution is -2.56. The van der Waals surface area contributed by atoms with Crippen LogP contribution in [0.2, 0.25) is 0 Å². The second-order valence-electron chi connectivity index (χ2n) is 11.9. The maximum absolute atomic E-state index is 13.4. The summed E-state index contributed by atoms with van der Waals surface area (Å²) in [5.41, 5.74) is 5.27. The molecule has 3 aromatic rings. The van der Waals surface area contributed by atoms with Crippen LogP contribution in [0.25, 0.3) is 0 Å². The third-order valence-corrected chi connectivity index (χ3v) is 9.45. The van der Waals surface area contributed by atoms with Gasteiger partial charge in [0.1, 0.15) is 5.75 Å². The summed E-state index contributed by atoms with van der Waals surface area (Å²) in [7, 11) is 1.76. The minimum absolute atomic E-state index is 0.319. The van der Waals surface area contributed by atoms with Crippen molar-refractivity contribution in [2.24, 2.45) is 5.92 Å². The molecule has 0 aliphatic carbocycles. The van der Waals surface area contributed by atoms with Crippen LogP contribution in [0.4, 0.5) is 5.69 Å². The Morgan fingerprint density at radius 2 is 1.56 bits per heavy atom. The van der Waals surface area contributed by atoms with E-state index in [1.807, 2.05) is 6.07 Å². The maximum atomic E-state index is 13.4. The zero-order valence-electron chi connectivity index (χ0n) is 24.5. The number of ether oxygens (including phenoxy) is 1. The van der Waals surface area contributed by atoms with Crippen molar-refractivity contribution in [3.8, 4) is 5.75 Å². The van der Waals surface area contributed by atoms with Crippen molar-refractivity contribution in [1.82, 2.24) is 14.7 Å². The Labute approximate surface area is 245 Å². The molecule has 0 aromatic heterocycles. The highest BCUT2D eigenvalue weighted by Crippen LogP contribution is 2.32. The van der Waals surface area contributed by atoms with E-state index in [0.29, 0.717) is 24.3 Å². The lowest BCUT2D eigenvalue weighted by molar-refractivity contribution is -0.132. The van der Waals surface area contributed by atoms with Gasteiger partial charge in [-0.2, -0.15) is 0 Å². The Kier molecular flexibility index (Phi) is 8.88. The fourth-order valence-corrected chi connectivity index (χ4v) is 7.21. The summed E-state index contributed by atoms with van der Waals surface area (Å²) >= 11 is 0. The third kappa shape index (κ3) is 6.60. The average Bonchev–Trinajstić information content (AvgIpc) is 3.04. The molecule has 0 saturated carbocycles. The lowest BCUT2D eigenvalue weighted by Gasteiger charge is -2.47. The molecule has 0 N–H and O–H groups in total. The molecule has 6 rings (SSSR count). The van der Waals surface area contributed by atoms with Crippen LogP contribution in [-0.2, 0) is 24.3 Å². The lowest BCUT2D eigenvalue weighted by atomic mass is 9.86. The van der Waals surface area contributed by atoms with Crippen molar-refractivity contribution in [2.75, 3.05) is 57.8 Å². The number of hydrogen-bond donors (Lipinski definition) is 0. The summed E-state index contributed by atoms with van der Waals surface area (Å²) in [6.45, 7) is 8.87. The third-order valence-electron chi connectivity index (χ3n) is 9.45. The molecule has 2 atom stereocenters. The summed E-state index contributed by atoms with van der Waals surface area (Å²) in [6, 6.07) is 28.3. The highest BCUT2D eigenvalue weighted by Gasteiger charge is 2.35. The van der Waals surface area contributed by atoms with Crippen LogP contribution in [0.1, 0.15) is 36.0 Å². The first-order chi connectivity index (χ1) is 20.2. The topological polar surface area (TPSA) is 39.3 Å². The van der Waals surface area contributed by atoms with Gasteiger partial charge in [0.2, 0.25) is 5.91 Å². The first-order valence-electron chi connectivity index (χ1n) is 15.4. The number of piperazine rings is 1. The smallest absolute Gasteiger partial charge is 0.222 e. The Hall–Kier alpha value is -3.35. The predicted octanol–water partition coefficient (Wildman–Crippen LogP) is 5.07. The minimum atomic E-state index is 0.319. The van der Waals surface area contributed by atoms with E-state index in [1.54, 1.807) is 7.11 Å². The summed E-state index contributed by atoms with van der Waals surface area (Å²) in [6.07, 6.45) is 3.73. The number of methoxy groups -OCH3 is 1. The number of piperidine rings is 1. The molecular weight excluding hydrogens is 508 g/mol. The van der Waals surface area contributed by atoms with Crippen LogP contribution in [-0.4, -0.2) is 79.6 Å². The second-order valence-corrected chi connectivity index (χ2v) is 11.9. The summed E-state index contributed by atoms with van der Waals surface area (Å²) in [5.74, 6) is 1.76. The Bertz CT molecular complexity index is 1290. The van der Waals surface area contributed by atoms with Gasteiger partial charge in [-0.1, -0.05) is 66.7 Å². The molecule has 0 radical (unpaired) electrons. The first kappa shape index (κ1) is 27.8. The maximum Gasteiger partial charge on any atom is 0.222 e. The number of anilines is 1. The van der Waals surface area contributed by atoms with E-state index in [-0.39, 0.29) is 0 Å². The number of fused-ring (bicyclic) bond motifs is 1. The molecule has 0 spiro atoms. The molecule has 2 saturated heterocycles. The van der Waals surface area contributed by atoms with Crippen molar-refractivity contribution < 1.29 is 9.53 Å². The van der Waals surface area contributed by atoms with Crippen LogP contribution >= 0.6 is 0 Å². The summed E-state index contributed by atoms with van der Waals surface area (Å²) in [5, 5.41) is 0. The highest BCUT2D eigenvalue weighted by molar-refractivity contribution is 5.76. The van der Waals surface area contributed by atoms with Crippen LogP contribution in [0.3, 0.4) is 0 Å². The van der Waals surface area contributed by atoms with Gasteiger partial charge in [-0.15, -0.1) is 0 Å².